The number of esters is 1. The number of ether oxygens (including phenoxy) is 1. The highest BCUT2D eigenvalue weighted by molar-refractivity contribution is 7.87. The molecule has 2 saturated carbocycles. The monoisotopic (exact) mass is 329 g/mol. The maximum absolute atomic E-state index is 12.1. The summed E-state index contributed by atoms with van der Waals surface area (Å²) in [5.41, 5.74) is 0. The molecular formula is C15H23NO5S. The van der Waals surface area contributed by atoms with Crippen LogP contribution >= 0.6 is 0 Å². The van der Waals surface area contributed by atoms with Gasteiger partial charge in [-0.25, -0.2) is 0 Å². The van der Waals surface area contributed by atoms with E-state index in [4.69, 9.17) is 8.92 Å². The van der Waals surface area contributed by atoms with Gasteiger partial charge in [0.25, 0.3) is 10.1 Å². The SMILES string of the molecule is O=C(CCN1CCCCC1)OC1C2CC3C1OS(=O)(=O)C3C2. The summed E-state index contributed by atoms with van der Waals surface area (Å²) < 4.78 is 34.6. The van der Waals surface area contributed by atoms with E-state index in [0.717, 1.165) is 26.1 Å². The minimum Gasteiger partial charge on any atom is -0.459 e. The molecule has 0 amide bonds. The van der Waals surface area contributed by atoms with Crippen LogP contribution in [0.1, 0.15) is 38.5 Å². The summed E-state index contributed by atoms with van der Waals surface area (Å²) in [5.74, 6) is -0.0151. The Kier molecular flexibility index (Phi) is 3.70. The number of carbonyl (C=O) groups is 1. The van der Waals surface area contributed by atoms with Crippen molar-refractivity contribution in [2.45, 2.75) is 56.0 Å². The molecule has 7 heteroatoms. The average molecular weight is 329 g/mol. The van der Waals surface area contributed by atoms with E-state index in [9.17, 15) is 13.2 Å². The Labute approximate surface area is 131 Å². The molecule has 0 aromatic heterocycles. The Hall–Kier alpha value is -0.660. The zero-order chi connectivity index (χ0) is 15.3. The third-order valence-corrected chi connectivity index (χ3v) is 7.54. The molecule has 2 aliphatic heterocycles. The van der Waals surface area contributed by atoms with E-state index >= 15 is 0 Å². The van der Waals surface area contributed by atoms with Gasteiger partial charge in [-0.15, -0.1) is 0 Å². The van der Waals surface area contributed by atoms with Gasteiger partial charge in [0.2, 0.25) is 0 Å². The maximum atomic E-state index is 12.1. The van der Waals surface area contributed by atoms with Gasteiger partial charge in [0.05, 0.1) is 11.7 Å². The number of piperidine rings is 1. The number of fused-ring (bicyclic) bond motifs is 1. The quantitative estimate of drug-likeness (QED) is 0.564. The van der Waals surface area contributed by atoms with E-state index in [1.54, 1.807) is 0 Å². The topological polar surface area (TPSA) is 72.9 Å². The highest BCUT2D eigenvalue weighted by Gasteiger charge is 2.65. The van der Waals surface area contributed by atoms with Crippen molar-refractivity contribution in [1.29, 1.82) is 0 Å². The Balaban J connectivity index is 1.32. The molecule has 2 aliphatic carbocycles. The zero-order valence-corrected chi connectivity index (χ0v) is 13.5. The predicted molar refractivity (Wildman–Crippen MR) is 78.6 cm³/mol. The highest BCUT2D eigenvalue weighted by Crippen LogP contribution is 2.55. The summed E-state index contributed by atoms with van der Waals surface area (Å²) in [6.07, 6.45) is 4.71. The van der Waals surface area contributed by atoms with Crippen molar-refractivity contribution in [3.63, 3.8) is 0 Å². The van der Waals surface area contributed by atoms with Gasteiger partial charge < -0.3 is 9.64 Å². The Bertz CT molecular complexity index is 556. The van der Waals surface area contributed by atoms with E-state index in [2.05, 4.69) is 4.90 Å². The number of carbonyl (C=O) groups excluding carboxylic acids is 1. The van der Waals surface area contributed by atoms with Crippen LogP contribution in [-0.2, 0) is 23.8 Å². The van der Waals surface area contributed by atoms with Crippen LogP contribution in [0, 0.1) is 11.8 Å². The number of nitrogens with zero attached hydrogens (tertiary/aromatic N) is 1. The smallest absolute Gasteiger partial charge is 0.307 e. The summed E-state index contributed by atoms with van der Waals surface area (Å²) in [5, 5.41) is -0.356. The van der Waals surface area contributed by atoms with Crippen LogP contribution in [0.3, 0.4) is 0 Å². The van der Waals surface area contributed by atoms with Crippen LogP contribution < -0.4 is 0 Å². The van der Waals surface area contributed by atoms with Crippen molar-refractivity contribution in [3.05, 3.63) is 0 Å². The van der Waals surface area contributed by atoms with Crippen LogP contribution in [0.5, 0.6) is 0 Å². The lowest BCUT2D eigenvalue weighted by atomic mass is 9.94. The zero-order valence-electron chi connectivity index (χ0n) is 12.6. The molecule has 4 rings (SSSR count). The molecule has 0 aromatic rings. The fraction of sp³-hybridized carbons (Fsp3) is 0.933. The summed E-state index contributed by atoms with van der Waals surface area (Å²) in [6, 6.07) is 0. The van der Waals surface area contributed by atoms with Gasteiger partial charge >= 0.3 is 5.97 Å². The minimum atomic E-state index is -3.43. The van der Waals surface area contributed by atoms with Crippen LogP contribution in [0.25, 0.3) is 0 Å². The van der Waals surface area contributed by atoms with E-state index in [0.29, 0.717) is 12.8 Å². The largest absolute Gasteiger partial charge is 0.459 e. The third-order valence-electron chi connectivity index (χ3n) is 5.76. The van der Waals surface area contributed by atoms with Crippen LogP contribution in [0.4, 0.5) is 0 Å². The molecule has 5 atom stereocenters. The molecule has 0 aromatic carbocycles. The molecule has 0 N–H and O–H groups in total. The lowest BCUT2D eigenvalue weighted by Gasteiger charge is -2.27. The molecule has 4 aliphatic rings. The van der Waals surface area contributed by atoms with Crippen molar-refractivity contribution in [2.75, 3.05) is 19.6 Å². The lowest BCUT2D eigenvalue weighted by molar-refractivity contribution is -0.156. The molecule has 0 radical (unpaired) electrons. The first kappa shape index (κ1) is 14.9. The van der Waals surface area contributed by atoms with E-state index in [1.165, 1.54) is 19.3 Å². The van der Waals surface area contributed by atoms with E-state index < -0.39 is 16.2 Å². The van der Waals surface area contributed by atoms with Crippen LogP contribution in [0.15, 0.2) is 0 Å². The molecule has 6 nitrogen and oxygen atoms in total. The van der Waals surface area contributed by atoms with Gasteiger partial charge in [-0.2, -0.15) is 8.42 Å². The summed E-state index contributed by atoms with van der Waals surface area (Å²) in [4.78, 5) is 14.4. The van der Waals surface area contributed by atoms with Gasteiger partial charge in [0.1, 0.15) is 12.2 Å². The molecule has 4 fully saturated rings. The number of rotatable bonds is 4. The Morgan fingerprint density at radius 1 is 1.18 bits per heavy atom. The Morgan fingerprint density at radius 2 is 1.95 bits per heavy atom. The van der Waals surface area contributed by atoms with E-state index in [-0.39, 0.29) is 29.2 Å². The van der Waals surface area contributed by atoms with Gasteiger partial charge in [0, 0.05) is 18.4 Å². The molecule has 5 unspecified atom stereocenters. The lowest BCUT2D eigenvalue weighted by Crippen LogP contribution is -2.38. The van der Waals surface area contributed by atoms with Gasteiger partial charge in [0.15, 0.2) is 0 Å². The van der Waals surface area contributed by atoms with Crippen molar-refractivity contribution in [3.8, 4) is 0 Å². The van der Waals surface area contributed by atoms with Gasteiger partial charge in [-0.1, -0.05) is 6.42 Å². The van der Waals surface area contributed by atoms with Gasteiger partial charge in [-0.3, -0.25) is 8.98 Å². The average Bonchev–Trinajstić information content (AvgIpc) is 3.10. The molecule has 2 saturated heterocycles. The summed E-state index contributed by atoms with van der Waals surface area (Å²) >= 11 is 0. The second-order valence-electron chi connectivity index (χ2n) is 7.09. The maximum Gasteiger partial charge on any atom is 0.307 e. The van der Waals surface area contributed by atoms with Crippen LogP contribution in [-0.4, -0.2) is 56.4 Å². The predicted octanol–water partition coefficient (Wildman–Crippen LogP) is 0.911. The number of hydrogen-bond donors (Lipinski definition) is 0. The molecule has 124 valence electrons. The Morgan fingerprint density at radius 3 is 2.73 bits per heavy atom. The summed E-state index contributed by atoms with van der Waals surface area (Å²) in [6.45, 7) is 2.87. The number of likely N-dealkylation sites (tertiary alicyclic amines) is 1. The normalized spacial score (nSPS) is 42.6. The fourth-order valence-corrected chi connectivity index (χ4v) is 6.57. The van der Waals surface area contributed by atoms with Crippen molar-refractivity contribution in [1.82, 2.24) is 4.90 Å². The van der Waals surface area contributed by atoms with Crippen LogP contribution in [0.2, 0.25) is 0 Å². The van der Waals surface area contributed by atoms with Gasteiger partial charge in [-0.05, 0) is 38.8 Å². The molecular weight excluding hydrogens is 306 g/mol. The van der Waals surface area contributed by atoms with Crippen molar-refractivity contribution < 1.29 is 22.1 Å². The third kappa shape index (κ3) is 2.47. The minimum absolute atomic E-state index is 0.0369. The van der Waals surface area contributed by atoms with Crippen molar-refractivity contribution >= 4 is 16.1 Å². The molecule has 2 heterocycles. The fourth-order valence-electron chi connectivity index (χ4n) is 4.69. The highest BCUT2D eigenvalue weighted by atomic mass is 32.2. The second kappa shape index (κ2) is 5.46. The first-order chi connectivity index (χ1) is 10.5. The summed E-state index contributed by atoms with van der Waals surface area (Å²) in [7, 11) is -3.43. The molecule has 0 spiro atoms. The first-order valence-electron chi connectivity index (χ1n) is 8.38. The first-order valence-corrected chi connectivity index (χ1v) is 9.86. The van der Waals surface area contributed by atoms with Crippen molar-refractivity contribution in [2.24, 2.45) is 11.8 Å². The molecule has 2 bridgehead atoms. The number of hydrogen-bond acceptors (Lipinski definition) is 6. The second-order valence-corrected chi connectivity index (χ2v) is 8.88. The van der Waals surface area contributed by atoms with E-state index in [1.807, 2.05) is 0 Å². The molecule has 22 heavy (non-hydrogen) atoms. The standard InChI is InChI=1S/C15H23NO5S/c17-13(4-7-16-5-2-1-3-6-16)20-14-10-8-11-12(9-10)22(18,19)21-15(11)14/h10-12,14-15H,1-9H2.